The summed E-state index contributed by atoms with van der Waals surface area (Å²) < 4.78 is 57.3. The molecule has 4 atom stereocenters. The molecular weight excluding hydrogens is 510 g/mol. The molecule has 0 aromatic rings. The van der Waals surface area contributed by atoms with Crippen LogP contribution in [0.3, 0.4) is 0 Å². The fraction of sp³-hybridized carbons (Fsp3) is 1.00. The first kappa shape index (κ1) is 37.3. The van der Waals surface area contributed by atoms with Gasteiger partial charge in [0.05, 0.1) is 24.4 Å². The van der Waals surface area contributed by atoms with Gasteiger partial charge in [0, 0.05) is 0 Å². The van der Waals surface area contributed by atoms with Crippen molar-refractivity contribution in [3.8, 4) is 0 Å². The van der Waals surface area contributed by atoms with E-state index in [4.69, 9.17) is 22.4 Å². The molecule has 4 unspecified atom stereocenters. The van der Waals surface area contributed by atoms with E-state index in [1.807, 2.05) is 27.7 Å². The van der Waals surface area contributed by atoms with Crippen LogP contribution in [-0.2, 0) is 31.5 Å². The topological polar surface area (TPSA) is 80.3 Å². The van der Waals surface area contributed by atoms with Crippen molar-refractivity contribution in [1.82, 2.24) is 0 Å². The first-order chi connectivity index (χ1) is 17.5. The number of rotatable bonds is 26. The molecule has 0 fully saturated rings. The highest BCUT2D eigenvalue weighted by Crippen LogP contribution is 2.68. The lowest BCUT2D eigenvalue weighted by molar-refractivity contribution is 0.0453. The minimum Gasteiger partial charge on any atom is -0.284 e. The van der Waals surface area contributed by atoms with Crippen LogP contribution in [0.2, 0.25) is 0 Å². The Balaban J connectivity index is 5.74. The summed E-state index contributed by atoms with van der Waals surface area (Å²) >= 11 is 0. The van der Waals surface area contributed by atoms with Crippen molar-refractivity contribution < 1.29 is 31.5 Å². The average Bonchev–Trinajstić information content (AvgIpc) is 2.78. The molecule has 224 valence electrons. The Morgan fingerprint density at radius 1 is 0.432 bits per heavy atom. The van der Waals surface area contributed by atoms with Gasteiger partial charge >= 0.3 is 15.6 Å². The predicted octanol–water partition coefficient (Wildman–Crippen LogP) is 11.2. The van der Waals surface area contributed by atoms with Crippen molar-refractivity contribution in [1.29, 1.82) is 0 Å². The van der Waals surface area contributed by atoms with Crippen molar-refractivity contribution >= 4 is 15.6 Å². The van der Waals surface area contributed by atoms with Gasteiger partial charge in [-0.25, -0.2) is 9.13 Å². The smallest absolute Gasteiger partial charge is 0.284 e. The fourth-order valence-corrected chi connectivity index (χ4v) is 7.95. The van der Waals surface area contributed by atoms with Gasteiger partial charge in [0.25, 0.3) is 0 Å². The molecule has 0 saturated heterocycles. The number of unbranched alkanes of at least 4 members (excludes halogenated alkanes) is 8. The van der Waals surface area contributed by atoms with Crippen LogP contribution in [0.4, 0.5) is 0 Å². The minimum absolute atomic E-state index is 0.377. The molecule has 0 aliphatic heterocycles. The second kappa shape index (κ2) is 22.0. The summed E-state index contributed by atoms with van der Waals surface area (Å²) in [5.74, 6) is 0. The van der Waals surface area contributed by atoms with Crippen LogP contribution in [0.15, 0.2) is 0 Å². The molecule has 0 bridgehead atoms. The second-order valence-corrected chi connectivity index (χ2v) is 13.9. The van der Waals surface area contributed by atoms with Gasteiger partial charge in [-0.2, -0.15) is 4.31 Å². The van der Waals surface area contributed by atoms with Gasteiger partial charge < -0.3 is 0 Å². The van der Waals surface area contributed by atoms with Crippen LogP contribution in [0.1, 0.15) is 158 Å². The lowest BCUT2D eigenvalue weighted by Gasteiger charge is -2.29. The summed E-state index contributed by atoms with van der Waals surface area (Å²) in [6.45, 7) is 15.9. The normalized spacial score (nSPS) is 18.6. The molecule has 37 heavy (non-hydrogen) atoms. The van der Waals surface area contributed by atoms with Gasteiger partial charge in [-0.15, -0.1) is 0 Å². The van der Waals surface area contributed by atoms with E-state index in [1.165, 1.54) is 0 Å². The van der Waals surface area contributed by atoms with Gasteiger partial charge in [0.15, 0.2) is 0 Å². The Labute approximate surface area is 229 Å². The molecule has 0 amide bonds. The summed E-state index contributed by atoms with van der Waals surface area (Å²) in [6, 6.07) is 0. The van der Waals surface area contributed by atoms with Gasteiger partial charge in [0.1, 0.15) is 0 Å². The molecule has 0 rings (SSSR count). The number of hydrogen-bond donors (Lipinski definition) is 0. The number of phosphoric ester groups is 2. The molecule has 0 N–H and O–H groups in total. The van der Waals surface area contributed by atoms with Crippen molar-refractivity contribution in [3.05, 3.63) is 0 Å². The maximum atomic E-state index is 14.0. The van der Waals surface area contributed by atoms with Crippen molar-refractivity contribution in [3.63, 3.8) is 0 Å². The fourth-order valence-electron chi connectivity index (χ4n) is 4.07. The summed E-state index contributed by atoms with van der Waals surface area (Å²) in [6.07, 6.45) is 13.6. The van der Waals surface area contributed by atoms with E-state index in [0.717, 1.165) is 77.0 Å². The van der Waals surface area contributed by atoms with Crippen LogP contribution in [0.25, 0.3) is 0 Å². The highest BCUT2D eigenvalue weighted by atomic mass is 31.3. The molecule has 0 aromatic carbocycles. The van der Waals surface area contributed by atoms with Crippen LogP contribution in [0, 0.1) is 0 Å². The summed E-state index contributed by atoms with van der Waals surface area (Å²) in [7, 11) is -8.48. The third-order valence-corrected chi connectivity index (χ3v) is 10.4. The Kier molecular flexibility index (Phi) is 22.2. The van der Waals surface area contributed by atoms with E-state index in [2.05, 4.69) is 27.7 Å². The van der Waals surface area contributed by atoms with Crippen LogP contribution < -0.4 is 0 Å². The van der Waals surface area contributed by atoms with Crippen LogP contribution in [-0.4, -0.2) is 24.4 Å². The highest BCUT2D eigenvalue weighted by molar-refractivity contribution is 7.62. The standard InChI is InChI=1S/C28H60O7P2/c1-9-13-17-21-25(5)31-36(29,32-26(6)22-18-14-10-2)35-37(30,33-27(7)23-19-15-11-3)34-28(8)24-20-16-12-4/h25-28H,9-24H2,1-8H3. The van der Waals surface area contributed by atoms with Crippen molar-refractivity contribution in [2.75, 3.05) is 0 Å². The zero-order chi connectivity index (χ0) is 28.2. The third kappa shape index (κ3) is 19.9. The van der Waals surface area contributed by atoms with E-state index < -0.39 is 15.6 Å². The molecule has 0 spiro atoms. The molecule has 0 heterocycles. The lowest BCUT2D eigenvalue weighted by atomic mass is 10.1. The van der Waals surface area contributed by atoms with Crippen molar-refractivity contribution in [2.45, 2.75) is 183 Å². The Morgan fingerprint density at radius 2 is 0.649 bits per heavy atom. The SMILES string of the molecule is CCCCCC(C)OP(=O)(OC(C)CCCCC)OP(=O)(OC(C)CCCCC)OC(C)CCCCC. The Morgan fingerprint density at radius 3 is 0.838 bits per heavy atom. The lowest BCUT2D eigenvalue weighted by Crippen LogP contribution is -2.18. The molecule has 0 aromatic heterocycles. The monoisotopic (exact) mass is 570 g/mol. The maximum Gasteiger partial charge on any atom is 0.484 e. The first-order valence-corrected chi connectivity index (χ1v) is 18.1. The van der Waals surface area contributed by atoms with Gasteiger partial charge in [-0.1, -0.05) is 105 Å². The van der Waals surface area contributed by atoms with E-state index in [1.54, 1.807) is 0 Å². The molecule has 0 aliphatic carbocycles. The zero-order valence-electron chi connectivity index (χ0n) is 25.4. The molecule has 0 saturated carbocycles. The highest BCUT2D eigenvalue weighted by Gasteiger charge is 2.44. The zero-order valence-corrected chi connectivity index (χ0v) is 27.2. The van der Waals surface area contributed by atoms with E-state index >= 15 is 0 Å². The summed E-state index contributed by atoms with van der Waals surface area (Å²) in [5.41, 5.74) is 0. The number of hydrogen-bond acceptors (Lipinski definition) is 7. The van der Waals surface area contributed by atoms with Crippen LogP contribution in [0.5, 0.6) is 0 Å². The largest absolute Gasteiger partial charge is 0.484 e. The van der Waals surface area contributed by atoms with Crippen molar-refractivity contribution in [2.24, 2.45) is 0 Å². The van der Waals surface area contributed by atoms with E-state index in [0.29, 0.717) is 25.7 Å². The molecular formula is C28H60O7P2. The number of phosphoric acid groups is 2. The van der Waals surface area contributed by atoms with Gasteiger partial charge in [-0.3, -0.25) is 18.1 Å². The molecule has 0 aliphatic rings. The maximum absolute atomic E-state index is 14.0. The van der Waals surface area contributed by atoms with Gasteiger partial charge in [-0.05, 0) is 53.4 Å². The first-order valence-electron chi connectivity index (χ1n) is 15.2. The van der Waals surface area contributed by atoms with E-state index in [9.17, 15) is 9.13 Å². The summed E-state index contributed by atoms with van der Waals surface area (Å²) in [5, 5.41) is 0. The molecule has 7 nitrogen and oxygen atoms in total. The molecule has 0 radical (unpaired) electrons. The quantitative estimate of drug-likeness (QED) is 0.0755. The van der Waals surface area contributed by atoms with Crippen LogP contribution >= 0.6 is 15.6 Å². The average molecular weight is 571 g/mol. The predicted molar refractivity (Wildman–Crippen MR) is 155 cm³/mol. The third-order valence-electron chi connectivity index (χ3n) is 6.29. The summed E-state index contributed by atoms with van der Waals surface area (Å²) in [4.78, 5) is 0. The Bertz CT molecular complexity index is 536. The second-order valence-electron chi connectivity index (χ2n) is 10.6. The molecule has 9 heteroatoms. The van der Waals surface area contributed by atoms with Gasteiger partial charge in [0.2, 0.25) is 0 Å². The minimum atomic E-state index is -4.24. The van der Waals surface area contributed by atoms with E-state index in [-0.39, 0.29) is 24.4 Å². The Hall–Kier alpha value is 0.260.